The summed E-state index contributed by atoms with van der Waals surface area (Å²) in [6, 6.07) is 18.8. The number of aryl methyl sites for hydroxylation is 2. The summed E-state index contributed by atoms with van der Waals surface area (Å²) >= 11 is 4.45. The van der Waals surface area contributed by atoms with Crippen LogP contribution in [0.5, 0.6) is 0 Å². The van der Waals surface area contributed by atoms with Gasteiger partial charge in [-0.1, -0.05) is 31.2 Å². The maximum atomic E-state index is 4.60. The van der Waals surface area contributed by atoms with Crippen molar-refractivity contribution < 1.29 is 0 Å². The lowest BCUT2D eigenvalue weighted by Gasteiger charge is -2.10. The summed E-state index contributed by atoms with van der Waals surface area (Å²) in [6.07, 6.45) is 2.99. The fraction of sp³-hybridized carbons (Fsp3) is 0.190. The van der Waals surface area contributed by atoms with Crippen molar-refractivity contribution in [2.24, 2.45) is 4.99 Å². The van der Waals surface area contributed by atoms with Crippen LogP contribution in [0.25, 0.3) is 5.69 Å². The molecule has 0 aliphatic rings. The number of thiol groups is 1. The van der Waals surface area contributed by atoms with Gasteiger partial charge in [0.15, 0.2) is 0 Å². The van der Waals surface area contributed by atoms with E-state index in [9.17, 15) is 0 Å². The van der Waals surface area contributed by atoms with Gasteiger partial charge in [0.25, 0.3) is 0 Å². The van der Waals surface area contributed by atoms with Gasteiger partial charge in [-0.3, -0.25) is 4.99 Å². The number of benzene rings is 2. The van der Waals surface area contributed by atoms with Crippen LogP contribution in [0.3, 0.4) is 0 Å². The van der Waals surface area contributed by atoms with E-state index in [0.29, 0.717) is 0 Å². The van der Waals surface area contributed by atoms with Crippen molar-refractivity contribution in [3.05, 3.63) is 77.1 Å². The predicted molar refractivity (Wildman–Crippen MR) is 106 cm³/mol. The molecule has 0 saturated carbocycles. The highest BCUT2D eigenvalue weighted by atomic mass is 32.1. The Morgan fingerprint density at radius 1 is 1.04 bits per heavy atom. The predicted octanol–water partition coefficient (Wildman–Crippen LogP) is 5.70. The second kappa shape index (κ2) is 7.10. The Kier molecular flexibility index (Phi) is 4.91. The van der Waals surface area contributed by atoms with Gasteiger partial charge in [-0.25, -0.2) is 0 Å². The van der Waals surface area contributed by atoms with Crippen LogP contribution in [0, 0.1) is 13.8 Å². The molecule has 1 heterocycles. The Labute approximate surface area is 149 Å². The highest BCUT2D eigenvalue weighted by Crippen LogP contribution is 2.24. The molecule has 0 spiro atoms. The second-order valence-corrected chi connectivity index (χ2v) is 6.41. The Hall–Kier alpha value is -2.26. The summed E-state index contributed by atoms with van der Waals surface area (Å²) in [5.41, 5.74) is 6.96. The number of aliphatic imine (C=N–C) groups is 1. The fourth-order valence-corrected chi connectivity index (χ4v) is 3.13. The van der Waals surface area contributed by atoms with Gasteiger partial charge in [-0.15, -0.1) is 12.6 Å². The molecular formula is C21H22N2S. The van der Waals surface area contributed by atoms with E-state index in [0.717, 1.165) is 22.6 Å². The van der Waals surface area contributed by atoms with E-state index in [2.05, 4.69) is 73.3 Å². The zero-order valence-electron chi connectivity index (χ0n) is 14.3. The minimum absolute atomic E-state index is 0.887. The first kappa shape index (κ1) is 16.6. The Morgan fingerprint density at radius 2 is 1.75 bits per heavy atom. The Bertz CT molecular complexity index is 873. The quantitative estimate of drug-likeness (QED) is 0.466. The molecule has 2 nitrogen and oxygen atoms in total. The lowest BCUT2D eigenvalue weighted by molar-refractivity contribution is 0.962. The third-order valence-corrected chi connectivity index (χ3v) is 4.68. The molecule has 3 rings (SSSR count). The zero-order valence-corrected chi connectivity index (χ0v) is 15.2. The SMILES string of the molecule is CCc1ccc(-n2c(C)cc(C=Nc3ccccc3S)c2C)cc1. The molecule has 24 heavy (non-hydrogen) atoms. The molecule has 0 aliphatic heterocycles. The van der Waals surface area contributed by atoms with Crippen molar-refractivity contribution in [2.75, 3.05) is 0 Å². The van der Waals surface area contributed by atoms with E-state index in [1.54, 1.807) is 0 Å². The normalized spacial score (nSPS) is 11.3. The van der Waals surface area contributed by atoms with Crippen molar-refractivity contribution in [3.63, 3.8) is 0 Å². The summed E-state index contributed by atoms with van der Waals surface area (Å²) in [5.74, 6) is 0. The van der Waals surface area contributed by atoms with Gasteiger partial charge >= 0.3 is 0 Å². The maximum Gasteiger partial charge on any atom is 0.0763 e. The molecule has 0 fully saturated rings. The maximum absolute atomic E-state index is 4.60. The van der Waals surface area contributed by atoms with Crippen molar-refractivity contribution in [1.82, 2.24) is 4.57 Å². The molecule has 0 saturated heterocycles. The molecule has 3 heteroatoms. The van der Waals surface area contributed by atoms with Crippen LogP contribution < -0.4 is 0 Å². The lowest BCUT2D eigenvalue weighted by Crippen LogP contribution is -1.99. The smallest absolute Gasteiger partial charge is 0.0763 e. The van der Waals surface area contributed by atoms with Crippen molar-refractivity contribution in [3.8, 4) is 5.69 Å². The molecule has 122 valence electrons. The van der Waals surface area contributed by atoms with Gasteiger partial charge in [-0.05, 0) is 56.2 Å². The molecule has 1 aromatic heterocycles. The molecular weight excluding hydrogens is 312 g/mol. The number of para-hydroxylation sites is 1. The molecule has 0 amide bonds. The minimum atomic E-state index is 0.887. The number of hydrogen-bond donors (Lipinski definition) is 1. The second-order valence-electron chi connectivity index (χ2n) is 5.93. The van der Waals surface area contributed by atoms with Gasteiger partial charge in [0.05, 0.1) is 5.69 Å². The van der Waals surface area contributed by atoms with Crippen LogP contribution in [-0.2, 0) is 6.42 Å². The molecule has 2 aromatic carbocycles. The van der Waals surface area contributed by atoms with E-state index < -0.39 is 0 Å². The average molecular weight is 334 g/mol. The van der Waals surface area contributed by atoms with E-state index >= 15 is 0 Å². The highest BCUT2D eigenvalue weighted by Gasteiger charge is 2.09. The largest absolute Gasteiger partial charge is 0.318 e. The van der Waals surface area contributed by atoms with Gasteiger partial charge in [0, 0.05) is 33.7 Å². The van der Waals surface area contributed by atoms with Crippen LogP contribution in [0.2, 0.25) is 0 Å². The van der Waals surface area contributed by atoms with Gasteiger partial charge in [-0.2, -0.15) is 0 Å². The molecule has 0 unspecified atom stereocenters. The summed E-state index contributed by atoms with van der Waals surface area (Å²) in [6.45, 7) is 6.44. The third-order valence-electron chi connectivity index (χ3n) is 4.30. The first-order valence-corrected chi connectivity index (χ1v) is 8.65. The molecule has 0 aliphatic carbocycles. The molecule has 0 N–H and O–H groups in total. The number of rotatable bonds is 4. The summed E-state index contributed by atoms with van der Waals surface area (Å²) in [5, 5.41) is 0. The summed E-state index contributed by atoms with van der Waals surface area (Å²) < 4.78 is 2.27. The van der Waals surface area contributed by atoms with Crippen LogP contribution in [0.4, 0.5) is 5.69 Å². The van der Waals surface area contributed by atoms with Crippen molar-refractivity contribution >= 4 is 24.5 Å². The number of hydrogen-bond acceptors (Lipinski definition) is 2. The van der Waals surface area contributed by atoms with E-state index in [1.807, 2.05) is 30.5 Å². The molecule has 3 aromatic rings. The molecule has 0 atom stereocenters. The van der Waals surface area contributed by atoms with Crippen LogP contribution in [0.1, 0.15) is 29.4 Å². The third kappa shape index (κ3) is 3.31. The first-order valence-electron chi connectivity index (χ1n) is 8.20. The first-order chi connectivity index (χ1) is 11.6. The Morgan fingerprint density at radius 3 is 2.42 bits per heavy atom. The standard InChI is InChI=1S/C21H22N2S/c1-4-17-9-11-19(12-10-17)23-15(2)13-18(16(23)3)14-22-20-7-5-6-8-21(20)24/h5-14,24H,4H2,1-3H3. The van der Waals surface area contributed by atoms with E-state index in [4.69, 9.17) is 0 Å². The molecule has 0 bridgehead atoms. The van der Waals surface area contributed by atoms with Gasteiger partial charge < -0.3 is 4.57 Å². The highest BCUT2D eigenvalue weighted by molar-refractivity contribution is 7.80. The minimum Gasteiger partial charge on any atom is -0.318 e. The average Bonchev–Trinajstić information content (AvgIpc) is 2.88. The van der Waals surface area contributed by atoms with Crippen molar-refractivity contribution in [2.45, 2.75) is 32.1 Å². The lowest BCUT2D eigenvalue weighted by atomic mass is 10.1. The Balaban J connectivity index is 1.95. The van der Waals surface area contributed by atoms with Crippen LogP contribution >= 0.6 is 12.6 Å². The van der Waals surface area contributed by atoms with E-state index in [-0.39, 0.29) is 0 Å². The number of aromatic nitrogens is 1. The van der Waals surface area contributed by atoms with E-state index in [1.165, 1.54) is 22.6 Å². The van der Waals surface area contributed by atoms with Gasteiger partial charge in [0.2, 0.25) is 0 Å². The fourth-order valence-electron chi connectivity index (χ4n) is 2.91. The van der Waals surface area contributed by atoms with Crippen LogP contribution in [0.15, 0.2) is 64.5 Å². The monoisotopic (exact) mass is 334 g/mol. The molecule has 0 radical (unpaired) electrons. The zero-order chi connectivity index (χ0) is 17.1. The number of nitrogens with zero attached hydrogens (tertiary/aromatic N) is 2. The topological polar surface area (TPSA) is 17.3 Å². The van der Waals surface area contributed by atoms with Crippen molar-refractivity contribution in [1.29, 1.82) is 0 Å². The van der Waals surface area contributed by atoms with Crippen LogP contribution in [-0.4, -0.2) is 10.8 Å². The summed E-state index contributed by atoms with van der Waals surface area (Å²) in [4.78, 5) is 5.48. The van der Waals surface area contributed by atoms with Gasteiger partial charge in [0.1, 0.15) is 0 Å². The summed E-state index contributed by atoms with van der Waals surface area (Å²) in [7, 11) is 0.